The van der Waals surface area contributed by atoms with E-state index in [1.807, 2.05) is 0 Å². The van der Waals surface area contributed by atoms with Crippen molar-refractivity contribution >= 4 is 22.9 Å². The van der Waals surface area contributed by atoms with E-state index < -0.39 is 23.4 Å². The molecule has 0 saturated carbocycles. The first-order valence-corrected chi connectivity index (χ1v) is 10.1. The van der Waals surface area contributed by atoms with Gasteiger partial charge in [-0.15, -0.1) is 0 Å². The monoisotopic (exact) mass is 447 g/mol. The summed E-state index contributed by atoms with van der Waals surface area (Å²) in [5.74, 6) is -1.21. The van der Waals surface area contributed by atoms with Crippen LogP contribution in [0, 0.1) is 0 Å². The van der Waals surface area contributed by atoms with Crippen LogP contribution in [0.4, 0.5) is 13.2 Å². The van der Waals surface area contributed by atoms with Crippen molar-refractivity contribution in [1.82, 2.24) is 14.4 Å². The largest absolute Gasteiger partial charge is 0.419 e. The number of hydrogen-bond acceptors (Lipinski definition) is 4. The van der Waals surface area contributed by atoms with Crippen LogP contribution < -0.4 is 5.76 Å². The average Bonchev–Trinajstić information content (AvgIpc) is 3.11. The highest BCUT2D eigenvalue weighted by Gasteiger charge is 2.32. The molecule has 2 aromatic carbocycles. The lowest BCUT2D eigenvalue weighted by Crippen LogP contribution is -2.50. The molecule has 0 radical (unpaired) electrons. The maximum Gasteiger partial charge on any atom is 0.419 e. The molecular formula is C22H20F3N3O4. The predicted octanol–water partition coefficient (Wildman–Crippen LogP) is 2.99. The maximum absolute atomic E-state index is 12.9. The second-order valence-corrected chi connectivity index (χ2v) is 7.49. The molecule has 1 aliphatic rings. The van der Waals surface area contributed by atoms with Gasteiger partial charge < -0.3 is 14.2 Å². The number of aromatic nitrogens is 1. The fourth-order valence-electron chi connectivity index (χ4n) is 3.76. The van der Waals surface area contributed by atoms with E-state index in [2.05, 4.69) is 0 Å². The molecule has 2 heterocycles. The van der Waals surface area contributed by atoms with Crippen molar-refractivity contribution in [3.05, 3.63) is 70.2 Å². The van der Waals surface area contributed by atoms with Crippen LogP contribution >= 0.6 is 0 Å². The number of hydrogen-bond donors (Lipinski definition) is 0. The van der Waals surface area contributed by atoms with Gasteiger partial charge >= 0.3 is 11.9 Å². The topological polar surface area (TPSA) is 75.8 Å². The van der Waals surface area contributed by atoms with Crippen LogP contribution in [0.3, 0.4) is 0 Å². The van der Waals surface area contributed by atoms with Crippen LogP contribution in [0.2, 0.25) is 0 Å². The summed E-state index contributed by atoms with van der Waals surface area (Å²) >= 11 is 0. The zero-order valence-corrected chi connectivity index (χ0v) is 17.0. The minimum absolute atomic E-state index is 0.0363. The normalized spacial score (nSPS) is 14.7. The lowest BCUT2D eigenvalue weighted by atomic mass is 10.1. The number of halogens is 3. The van der Waals surface area contributed by atoms with Gasteiger partial charge in [-0.2, -0.15) is 13.2 Å². The molecule has 3 aromatic rings. The van der Waals surface area contributed by atoms with Crippen molar-refractivity contribution in [2.75, 3.05) is 26.2 Å². The summed E-state index contributed by atoms with van der Waals surface area (Å²) in [6.07, 6.45) is -4.44. The smallest absolute Gasteiger partial charge is 0.408 e. The number of nitrogens with zero attached hydrogens (tertiary/aromatic N) is 3. The van der Waals surface area contributed by atoms with Crippen LogP contribution in [0.25, 0.3) is 11.1 Å². The molecule has 1 saturated heterocycles. The Bertz CT molecular complexity index is 1210. The van der Waals surface area contributed by atoms with Gasteiger partial charge in [-0.1, -0.05) is 18.2 Å². The third kappa shape index (κ3) is 4.39. The van der Waals surface area contributed by atoms with E-state index >= 15 is 0 Å². The third-order valence-electron chi connectivity index (χ3n) is 5.48. The molecule has 168 valence electrons. The molecular weight excluding hydrogens is 427 g/mol. The summed E-state index contributed by atoms with van der Waals surface area (Å²) in [7, 11) is 0. The van der Waals surface area contributed by atoms with Crippen molar-refractivity contribution in [3.63, 3.8) is 0 Å². The predicted molar refractivity (Wildman–Crippen MR) is 109 cm³/mol. The molecule has 0 unspecified atom stereocenters. The van der Waals surface area contributed by atoms with Gasteiger partial charge in [0.15, 0.2) is 5.58 Å². The summed E-state index contributed by atoms with van der Waals surface area (Å²) < 4.78 is 45.3. The molecule has 1 fully saturated rings. The number of aryl methyl sites for hydroxylation is 1. The van der Waals surface area contributed by atoms with Crippen molar-refractivity contribution in [3.8, 4) is 0 Å². The van der Waals surface area contributed by atoms with Crippen molar-refractivity contribution in [1.29, 1.82) is 0 Å². The molecule has 32 heavy (non-hydrogen) atoms. The van der Waals surface area contributed by atoms with Gasteiger partial charge in [0.2, 0.25) is 5.91 Å². The number of carbonyl (C=O) groups excluding carboxylic acids is 2. The Labute approximate surface area is 180 Å². The van der Waals surface area contributed by atoms with Crippen molar-refractivity contribution < 1.29 is 27.2 Å². The Morgan fingerprint density at radius 2 is 1.62 bits per heavy atom. The van der Waals surface area contributed by atoms with Gasteiger partial charge in [0.25, 0.3) is 5.91 Å². The average molecular weight is 447 g/mol. The highest BCUT2D eigenvalue weighted by atomic mass is 19.4. The first kappa shape index (κ1) is 21.7. The lowest BCUT2D eigenvalue weighted by molar-refractivity contribution is -0.137. The zero-order valence-electron chi connectivity index (χ0n) is 17.0. The number of piperazine rings is 1. The van der Waals surface area contributed by atoms with Gasteiger partial charge in [0.05, 0.1) is 11.1 Å². The third-order valence-corrected chi connectivity index (χ3v) is 5.48. The number of oxazole rings is 1. The summed E-state index contributed by atoms with van der Waals surface area (Å²) in [6, 6.07) is 11.3. The van der Waals surface area contributed by atoms with E-state index in [1.165, 1.54) is 21.6 Å². The van der Waals surface area contributed by atoms with Crippen LogP contribution in [0.5, 0.6) is 0 Å². The Kier molecular flexibility index (Phi) is 5.77. The molecule has 2 amide bonds. The van der Waals surface area contributed by atoms with Crippen molar-refractivity contribution in [2.45, 2.75) is 19.1 Å². The standard InChI is InChI=1S/C22H20F3N3O4/c23-22(24,25)16-5-3-4-15(14-16)20(30)27-12-10-26(11-13-27)19(29)8-9-28-17-6-1-2-7-18(17)32-21(28)31/h1-7,14H,8-13H2. The van der Waals surface area contributed by atoms with E-state index in [1.54, 1.807) is 29.2 Å². The van der Waals surface area contributed by atoms with Gasteiger partial charge in [-0.05, 0) is 30.3 Å². The SMILES string of the molecule is O=C(CCn1c(=O)oc2ccccc21)N1CCN(C(=O)c2cccc(C(F)(F)F)c2)CC1. The minimum Gasteiger partial charge on any atom is -0.408 e. The second-order valence-electron chi connectivity index (χ2n) is 7.49. The highest BCUT2D eigenvalue weighted by molar-refractivity contribution is 5.94. The molecule has 1 aliphatic heterocycles. The molecule has 0 atom stereocenters. The van der Waals surface area contributed by atoms with E-state index in [0.29, 0.717) is 11.1 Å². The molecule has 1 aromatic heterocycles. The number of carbonyl (C=O) groups is 2. The van der Waals surface area contributed by atoms with Crippen LogP contribution in [0.1, 0.15) is 22.3 Å². The number of rotatable bonds is 4. The first-order valence-electron chi connectivity index (χ1n) is 10.1. The molecule has 0 spiro atoms. The first-order chi connectivity index (χ1) is 15.2. The Morgan fingerprint density at radius 1 is 0.938 bits per heavy atom. The van der Waals surface area contributed by atoms with E-state index in [-0.39, 0.29) is 50.6 Å². The molecule has 7 nitrogen and oxygen atoms in total. The summed E-state index contributed by atoms with van der Waals surface area (Å²) in [5.41, 5.74) is 0.151. The summed E-state index contributed by atoms with van der Waals surface area (Å²) in [5, 5.41) is 0. The van der Waals surface area contributed by atoms with Gasteiger partial charge in [-0.25, -0.2) is 4.79 Å². The quantitative estimate of drug-likeness (QED) is 0.616. The fourth-order valence-corrected chi connectivity index (χ4v) is 3.76. The summed E-state index contributed by atoms with van der Waals surface area (Å²) in [4.78, 5) is 40.2. The van der Waals surface area contributed by atoms with Gasteiger partial charge in [0.1, 0.15) is 0 Å². The number of fused-ring (bicyclic) bond motifs is 1. The van der Waals surface area contributed by atoms with Crippen LogP contribution in [-0.2, 0) is 17.5 Å². The minimum atomic E-state index is -4.52. The van der Waals surface area contributed by atoms with E-state index in [4.69, 9.17) is 4.42 Å². The fraction of sp³-hybridized carbons (Fsp3) is 0.318. The number of benzene rings is 2. The molecule has 10 heteroatoms. The number of alkyl halides is 3. The second kappa shape index (κ2) is 8.52. The zero-order chi connectivity index (χ0) is 22.9. The molecule has 0 N–H and O–H groups in total. The molecule has 0 aliphatic carbocycles. The maximum atomic E-state index is 12.9. The lowest BCUT2D eigenvalue weighted by Gasteiger charge is -2.35. The number of amides is 2. The number of para-hydroxylation sites is 2. The molecule has 0 bridgehead atoms. The van der Waals surface area contributed by atoms with Gasteiger partial charge in [-0.3, -0.25) is 14.2 Å². The van der Waals surface area contributed by atoms with Crippen LogP contribution in [0.15, 0.2) is 57.7 Å². The van der Waals surface area contributed by atoms with Crippen molar-refractivity contribution in [2.24, 2.45) is 0 Å². The Balaban J connectivity index is 1.34. The Morgan fingerprint density at radius 3 is 2.34 bits per heavy atom. The van der Waals surface area contributed by atoms with Gasteiger partial charge in [0, 0.05) is 44.7 Å². The summed E-state index contributed by atoms with van der Waals surface area (Å²) in [6.45, 7) is 1.14. The van der Waals surface area contributed by atoms with Crippen LogP contribution in [-0.4, -0.2) is 52.4 Å². The Hall–Kier alpha value is -3.56. The molecule has 4 rings (SSSR count). The van der Waals surface area contributed by atoms with E-state index in [0.717, 1.165) is 12.1 Å². The highest BCUT2D eigenvalue weighted by Crippen LogP contribution is 2.29. The van der Waals surface area contributed by atoms with E-state index in [9.17, 15) is 27.6 Å².